The van der Waals surface area contributed by atoms with Gasteiger partial charge in [-0.15, -0.1) is 0 Å². The maximum Gasteiger partial charge on any atom is 0.338 e. The maximum absolute atomic E-state index is 12.5. The molecule has 0 aliphatic rings. The number of ether oxygens (including phenoxy) is 2. The molecule has 0 aliphatic carbocycles. The van der Waals surface area contributed by atoms with Gasteiger partial charge in [-0.25, -0.2) is 9.59 Å². The topological polar surface area (TPSA) is 52.6 Å². The largest absolute Gasteiger partial charge is 0.462 e. The smallest absolute Gasteiger partial charge is 0.338 e. The van der Waals surface area contributed by atoms with Crippen molar-refractivity contribution in [2.45, 2.75) is 142 Å². The van der Waals surface area contributed by atoms with Crippen molar-refractivity contribution in [3.8, 4) is 0 Å². The summed E-state index contributed by atoms with van der Waals surface area (Å²) in [6.07, 6.45) is 21.9. The molecule has 4 nitrogen and oxygen atoms in total. The molecule has 0 saturated carbocycles. The number of rotatable bonds is 22. The van der Waals surface area contributed by atoms with Gasteiger partial charge in [-0.1, -0.05) is 123 Å². The highest BCUT2D eigenvalue weighted by Crippen LogP contribution is 2.15. The van der Waals surface area contributed by atoms with Crippen LogP contribution in [0.15, 0.2) is 24.3 Å². The average molecular weight is 489 g/mol. The van der Waals surface area contributed by atoms with Crippen LogP contribution in [-0.2, 0) is 9.47 Å². The predicted octanol–water partition coefficient (Wildman–Crippen LogP) is 9.45. The summed E-state index contributed by atoms with van der Waals surface area (Å²) in [7, 11) is 0. The van der Waals surface area contributed by atoms with Crippen LogP contribution in [0.4, 0.5) is 0 Å². The third kappa shape index (κ3) is 15.7. The zero-order chi connectivity index (χ0) is 25.6. The maximum atomic E-state index is 12.5. The third-order valence-corrected chi connectivity index (χ3v) is 6.67. The fourth-order valence-electron chi connectivity index (χ4n) is 4.32. The molecule has 1 aromatic carbocycles. The highest BCUT2D eigenvalue weighted by Gasteiger charge is 2.16. The van der Waals surface area contributed by atoms with E-state index >= 15 is 0 Å². The van der Waals surface area contributed by atoms with Gasteiger partial charge in [-0.3, -0.25) is 0 Å². The Bertz CT molecular complexity index is 670. The highest BCUT2D eigenvalue weighted by molar-refractivity contribution is 5.95. The molecule has 1 aromatic rings. The van der Waals surface area contributed by atoms with Crippen molar-refractivity contribution < 1.29 is 19.1 Å². The van der Waals surface area contributed by atoms with Gasteiger partial charge in [-0.2, -0.15) is 0 Å². The molecule has 0 bridgehead atoms. The van der Waals surface area contributed by atoms with Crippen LogP contribution in [0.25, 0.3) is 0 Å². The molecule has 0 amide bonds. The van der Waals surface area contributed by atoms with Crippen LogP contribution < -0.4 is 0 Å². The highest BCUT2D eigenvalue weighted by atomic mass is 16.5. The SMILES string of the molecule is CCCCCCCCCCCCCCCCOC(=O)c1cccc(C(=O)OC(CC)CCCC)c1. The van der Waals surface area contributed by atoms with Crippen molar-refractivity contribution >= 4 is 11.9 Å². The molecule has 0 saturated heterocycles. The lowest BCUT2D eigenvalue weighted by atomic mass is 10.0. The van der Waals surface area contributed by atoms with E-state index in [4.69, 9.17) is 9.47 Å². The predicted molar refractivity (Wildman–Crippen MR) is 146 cm³/mol. The molecule has 200 valence electrons. The van der Waals surface area contributed by atoms with Crippen LogP contribution in [0.5, 0.6) is 0 Å². The Kier molecular flexibility index (Phi) is 19.1. The van der Waals surface area contributed by atoms with Gasteiger partial charge in [0.1, 0.15) is 6.10 Å². The van der Waals surface area contributed by atoms with Crippen molar-refractivity contribution in [3.63, 3.8) is 0 Å². The summed E-state index contributed by atoms with van der Waals surface area (Å²) < 4.78 is 11.1. The van der Waals surface area contributed by atoms with Gasteiger partial charge in [-0.05, 0) is 37.5 Å². The average Bonchev–Trinajstić information content (AvgIpc) is 2.88. The van der Waals surface area contributed by atoms with Crippen LogP contribution in [0.3, 0.4) is 0 Å². The van der Waals surface area contributed by atoms with Crippen molar-refractivity contribution in [2.75, 3.05) is 6.61 Å². The summed E-state index contributed by atoms with van der Waals surface area (Å²) in [6, 6.07) is 6.69. The van der Waals surface area contributed by atoms with E-state index in [9.17, 15) is 9.59 Å². The second-order valence-electron chi connectivity index (χ2n) is 9.89. The minimum absolute atomic E-state index is 0.0709. The molecule has 35 heavy (non-hydrogen) atoms. The quantitative estimate of drug-likeness (QED) is 0.120. The molecule has 0 fully saturated rings. The Labute approximate surface area is 215 Å². The van der Waals surface area contributed by atoms with Gasteiger partial charge in [0.2, 0.25) is 0 Å². The van der Waals surface area contributed by atoms with Gasteiger partial charge < -0.3 is 9.47 Å². The fourth-order valence-corrected chi connectivity index (χ4v) is 4.32. The molecule has 0 radical (unpaired) electrons. The lowest BCUT2D eigenvalue weighted by Crippen LogP contribution is -2.18. The van der Waals surface area contributed by atoms with Gasteiger partial charge in [0.25, 0.3) is 0 Å². The summed E-state index contributed by atoms with van der Waals surface area (Å²) in [5.74, 6) is -0.734. The second kappa shape index (κ2) is 21.4. The van der Waals surface area contributed by atoms with Crippen LogP contribution in [0.2, 0.25) is 0 Å². The van der Waals surface area contributed by atoms with E-state index in [2.05, 4.69) is 13.8 Å². The van der Waals surface area contributed by atoms with Crippen LogP contribution in [0.1, 0.15) is 157 Å². The van der Waals surface area contributed by atoms with Crippen molar-refractivity contribution in [2.24, 2.45) is 0 Å². The van der Waals surface area contributed by atoms with Crippen molar-refractivity contribution in [1.29, 1.82) is 0 Å². The van der Waals surface area contributed by atoms with E-state index in [1.165, 1.54) is 77.0 Å². The molecular formula is C31H52O4. The van der Waals surface area contributed by atoms with E-state index in [1.807, 2.05) is 6.92 Å². The second-order valence-corrected chi connectivity index (χ2v) is 9.89. The normalized spacial score (nSPS) is 11.9. The summed E-state index contributed by atoms with van der Waals surface area (Å²) in [5.41, 5.74) is 0.817. The molecule has 1 unspecified atom stereocenters. The van der Waals surface area contributed by atoms with E-state index in [0.29, 0.717) is 17.7 Å². The number of carbonyl (C=O) groups excluding carboxylic acids is 2. The van der Waals surface area contributed by atoms with Gasteiger partial charge >= 0.3 is 11.9 Å². The molecule has 0 aliphatic heterocycles. The minimum atomic E-state index is -0.368. The molecule has 1 rings (SSSR count). The zero-order valence-corrected chi connectivity index (χ0v) is 23.0. The first-order valence-electron chi connectivity index (χ1n) is 14.6. The minimum Gasteiger partial charge on any atom is -0.462 e. The first-order chi connectivity index (χ1) is 17.1. The van der Waals surface area contributed by atoms with Crippen molar-refractivity contribution in [3.05, 3.63) is 35.4 Å². The summed E-state index contributed by atoms with van der Waals surface area (Å²) in [5, 5.41) is 0. The third-order valence-electron chi connectivity index (χ3n) is 6.67. The Hall–Kier alpha value is -1.84. The lowest BCUT2D eigenvalue weighted by molar-refractivity contribution is 0.0268. The Balaban J connectivity index is 2.13. The molecule has 0 heterocycles. The molecule has 0 N–H and O–H groups in total. The molecule has 0 aromatic heterocycles. The van der Waals surface area contributed by atoms with E-state index in [1.54, 1.807) is 24.3 Å². The Morgan fingerprint density at radius 2 is 1.14 bits per heavy atom. The van der Waals surface area contributed by atoms with Crippen LogP contribution >= 0.6 is 0 Å². The zero-order valence-electron chi connectivity index (χ0n) is 23.0. The van der Waals surface area contributed by atoms with Gasteiger partial charge in [0.15, 0.2) is 0 Å². The molecule has 4 heteroatoms. The molecular weight excluding hydrogens is 436 g/mol. The number of hydrogen-bond acceptors (Lipinski definition) is 4. The summed E-state index contributed by atoms with van der Waals surface area (Å²) in [4.78, 5) is 24.9. The van der Waals surface area contributed by atoms with E-state index in [0.717, 1.165) is 38.5 Å². The summed E-state index contributed by atoms with van der Waals surface area (Å²) in [6.45, 7) is 6.85. The monoisotopic (exact) mass is 488 g/mol. The lowest BCUT2D eigenvalue weighted by Gasteiger charge is -2.16. The Morgan fingerprint density at radius 3 is 1.66 bits per heavy atom. The van der Waals surface area contributed by atoms with E-state index in [-0.39, 0.29) is 18.0 Å². The first-order valence-corrected chi connectivity index (χ1v) is 14.6. The van der Waals surface area contributed by atoms with E-state index < -0.39 is 0 Å². The number of esters is 2. The molecule has 1 atom stereocenters. The molecule has 0 spiro atoms. The first kappa shape index (κ1) is 31.2. The number of carbonyl (C=O) groups is 2. The summed E-state index contributed by atoms with van der Waals surface area (Å²) >= 11 is 0. The van der Waals surface area contributed by atoms with Gasteiger partial charge in [0.05, 0.1) is 17.7 Å². The number of hydrogen-bond donors (Lipinski definition) is 0. The van der Waals surface area contributed by atoms with Crippen LogP contribution in [-0.4, -0.2) is 24.6 Å². The fraction of sp³-hybridized carbons (Fsp3) is 0.742. The Morgan fingerprint density at radius 1 is 0.657 bits per heavy atom. The standard InChI is InChI=1S/C31H52O4/c1-4-7-9-10-11-12-13-14-15-16-17-18-19-20-25-34-30(32)27-22-21-23-28(26-27)31(33)35-29(6-3)24-8-5-2/h21-23,26,29H,4-20,24-25H2,1-3H3. The number of benzene rings is 1. The number of unbranched alkanes of at least 4 members (excludes halogenated alkanes) is 14. The van der Waals surface area contributed by atoms with Crippen molar-refractivity contribution in [1.82, 2.24) is 0 Å². The van der Waals surface area contributed by atoms with Gasteiger partial charge in [0, 0.05) is 0 Å². The van der Waals surface area contributed by atoms with Crippen LogP contribution in [0, 0.1) is 0 Å².